The summed E-state index contributed by atoms with van der Waals surface area (Å²) in [5.74, 6) is 0.402. The second kappa shape index (κ2) is 6.56. The van der Waals surface area contributed by atoms with Crippen LogP contribution in [-0.2, 0) is 10.0 Å². The van der Waals surface area contributed by atoms with Crippen LogP contribution in [0.3, 0.4) is 0 Å². The Kier molecular flexibility index (Phi) is 5.23. The summed E-state index contributed by atoms with van der Waals surface area (Å²) in [6.45, 7) is 8.38. The van der Waals surface area contributed by atoms with Gasteiger partial charge in [-0.2, -0.15) is 4.31 Å². The fraction of sp³-hybridized carbons (Fsp3) is 0.714. The van der Waals surface area contributed by atoms with Gasteiger partial charge in [0.1, 0.15) is 4.21 Å². The Morgan fingerprint density at radius 3 is 2.85 bits per heavy atom. The van der Waals surface area contributed by atoms with E-state index in [0.29, 0.717) is 29.3 Å². The highest BCUT2D eigenvalue weighted by Gasteiger charge is 2.32. The second-order valence-corrected chi connectivity index (χ2v) is 8.93. The Hall–Kier alpha value is -0.430. The molecule has 2 unspecified atom stereocenters. The lowest BCUT2D eigenvalue weighted by atomic mass is 9.93. The number of hydrogen-bond acceptors (Lipinski definition) is 4. The van der Waals surface area contributed by atoms with Crippen molar-refractivity contribution in [2.24, 2.45) is 5.92 Å². The summed E-state index contributed by atoms with van der Waals surface area (Å²) in [6.07, 6.45) is 2.05. The number of nitrogens with zero attached hydrogens (tertiary/aromatic N) is 1. The van der Waals surface area contributed by atoms with Crippen LogP contribution in [0.2, 0.25) is 0 Å². The van der Waals surface area contributed by atoms with Crippen molar-refractivity contribution in [2.45, 2.75) is 43.9 Å². The molecule has 1 N–H and O–H groups in total. The van der Waals surface area contributed by atoms with Crippen molar-refractivity contribution in [3.63, 3.8) is 0 Å². The number of thiophene rings is 1. The second-order valence-electron chi connectivity index (χ2n) is 5.48. The lowest BCUT2D eigenvalue weighted by Crippen LogP contribution is -2.46. The summed E-state index contributed by atoms with van der Waals surface area (Å²) in [7, 11) is -3.30. The minimum Gasteiger partial charge on any atom is -0.314 e. The van der Waals surface area contributed by atoms with Crippen LogP contribution in [0, 0.1) is 12.8 Å². The number of aryl methyl sites for hydroxylation is 1. The quantitative estimate of drug-likeness (QED) is 0.908. The molecule has 1 aromatic rings. The largest absolute Gasteiger partial charge is 0.314 e. The van der Waals surface area contributed by atoms with Gasteiger partial charge < -0.3 is 5.32 Å². The van der Waals surface area contributed by atoms with Gasteiger partial charge in [-0.1, -0.05) is 6.92 Å². The molecular weight excluding hydrogens is 292 g/mol. The van der Waals surface area contributed by atoms with E-state index >= 15 is 0 Å². The molecule has 4 nitrogen and oxygen atoms in total. The highest BCUT2D eigenvalue weighted by Crippen LogP contribution is 2.29. The summed E-state index contributed by atoms with van der Waals surface area (Å²) in [6, 6.07) is 3.97. The molecule has 0 radical (unpaired) electrons. The Bertz CT molecular complexity index is 539. The molecule has 2 rings (SSSR count). The first kappa shape index (κ1) is 15.9. The van der Waals surface area contributed by atoms with E-state index in [9.17, 15) is 8.42 Å². The van der Waals surface area contributed by atoms with Gasteiger partial charge in [0.25, 0.3) is 10.0 Å². The summed E-state index contributed by atoms with van der Waals surface area (Å²) >= 11 is 1.36. The van der Waals surface area contributed by atoms with Gasteiger partial charge in [0.05, 0.1) is 0 Å². The first-order chi connectivity index (χ1) is 9.45. The molecule has 1 fully saturated rings. The van der Waals surface area contributed by atoms with E-state index in [2.05, 4.69) is 19.2 Å². The number of sulfonamides is 1. The van der Waals surface area contributed by atoms with Crippen molar-refractivity contribution in [1.82, 2.24) is 9.62 Å². The van der Waals surface area contributed by atoms with E-state index in [-0.39, 0.29) is 0 Å². The lowest BCUT2D eigenvalue weighted by molar-refractivity contribution is 0.225. The lowest BCUT2D eigenvalue weighted by Gasteiger charge is -2.35. The van der Waals surface area contributed by atoms with Crippen molar-refractivity contribution in [2.75, 3.05) is 19.6 Å². The van der Waals surface area contributed by atoms with E-state index < -0.39 is 10.0 Å². The summed E-state index contributed by atoms with van der Waals surface area (Å²) in [4.78, 5) is 1.04. The van der Waals surface area contributed by atoms with Crippen molar-refractivity contribution in [3.8, 4) is 0 Å². The van der Waals surface area contributed by atoms with Crippen LogP contribution in [0.25, 0.3) is 0 Å². The van der Waals surface area contributed by atoms with Crippen LogP contribution in [-0.4, -0.2) is 38.4 Å². The van der Waals surface area contributed by atoms with Gasteiger partial charge in [-0.15, -0.1) is 11.3 Å². The van der Waals surface area contributed by atoms with Crippen LogP contribution in [0.5, 0.6) is 0 Å². The predicted molar refractivity (Wildman–Crippen MR) is 83.7 cm³/mol. The minimum absolute atomic E-state index is 0.364. The van der Waals surface area contributed by atoms with Crippen molar-refractivity contribution < 1.29 is 8.42 Å². The average Bonchev–Trinajstić information content (AvgIpc) is 2.86. The van der Waals surface area contributed by atoms with E-state index in [1.54, 1.807) is 10.4 Å². The number of rotatable bonds is 5. The smallest absolute Gasteiger partial charge is 0.252 e. The van der Waals surface area contributed by atoms with Crippen LogP contribution in [0.1, 0.15) is 31.6 Å². The van der Waals surface area contributed by atoms with Crippen LogP contribution < -0.4 is 5.32 Å². The summed E-state index contributed by atoms with van der Waals surface area (Å²) in [5.41, 5.74) is 0. The summed E-state index contributed by atoms with van der Waals surface area (Å²) in [5, 5.41) is 3.41. The minimum atomic E-state index is -3.30. The van der Waals surface area contributed by atoms with Gasteiger partial charge in [-0.25, -0.2) is 8.42 Å². The molecule has 2 heterocycles. The van der Waals surface area contributed by atoms with Crippen LogP contribution >= 0.6 is 11.3 Å². The average molecular weight is 316 g/mol. The van der Waals surface area contributed by atoms with Crippen LogP contribution in [0.15, 0.2) is 16.3 Å². The fourth-order valence-corrected chi connectivity index (χ4v) is 5.74. The molecule has 0 saturated carbocycles. The van der Waals surface area contributed by atoms with E-state index in [4.69, 9.17) is 0 Å². The van der Waals surface area contributed by atoms with Gasteiger partial charge >= 0.3 is 0 Å². The molecule has 1 saturated heterocycles. The first-order valence-corrected chi connectivity index (χ1v) is 9.50. The Labute approximate surface area is 126 Å². The highest BCUT2D eigenvalue weighted by molar-refractivity contribution is 7.91. The number of piperidine rings is 1. The monoisotopic (exact) mass is 316 g/mol. The highest BCUT2D eigenvalue weighted by atomic mass is 32.2. The van der Waals surface area contributed by atoms with Gasteiger partial charge in [0.15, 0.2) is 0 Å². The SMILES string of the molecule is CCNC(C)C1CCCN(S(=O)(=O)c2ccc(C)s2)C1. The maximum atomic E-state index is 12.6. The molecule has 0 bridgehead atoms. The maximum Gasteiger partial charge on any atom is 0.252 e. The Balaban J connectivity index is 2.12. The molecule has 0 aliphatic carbocycles. The molecule has 6 heteroatoms. The molecule has 20 heavy (non-hydrogen) atoms. The fourth-order valence-electron chi connectivity index (χ4n) is 2.77. The molecule has 1 aliphatic heterocycles. The van der Waals surface area contributed by atoms with Gasteiger partial charge in [0, 0.05) is 24.0 Å². The molecule has 0 aromatic carbocycles. The van der Waals surface area contributed by atoms with Gasteiger partial charge in [-0.3, -0.25) is 0 Å². The zero-order valence-electron chi connectivity index (χ0n) is 12.4. The number of nitrogens with one attached hydrogen (secondary N) is 1. The Morgan fingerprint density at radius 1 is 1.50 bits per heavy atom. The van der Waals surface area contributed by atoms with E-state index in [1.165, 1.54) is 11.3 Å². The standard InChI is InChI=1S/C14H24N2O2S2/c1-4-15-12(3)13-6-5-9-16(10-13)20(17,18)14-8-7-11(2)19-14/h7-8,12-13,15H,4-6,9-10H2,1-3H3. The molecule has 1 aliphatic rings. The van der Waals surface area contributed by atoms with Gasteiger partial charge in [0.2, 0.25) is 0 Å². The van der Waals surface area contributed by atoms with E-state index in [0.717, 1.165) is 24.3 Å². The Morgan fingerprint density at radius 2 is 2.25 bits per heavy atom. The zero-order chi connectivity index (χ0) is 14.8. The third-order valence-corrected chi connectivity index (χ3v) is 7.30. The number of hydrogen-bond donors (Lipinski definition) is 1. The van der Waals surface area contributed by atoms with E-state index in [1.807, 2.05) is 13.0 Å². The summed E-state index contributed by atoms with van der Waals surface area (Å²) < 4.78 is 27.4. The predicted octanol–water partition coefficient (Wildman–Crippen LogP) is 2.46. The molecule has 0 spiro atoms. The zero-order valence-corrected chi connectivity index (χ0v) is 14.1. The molecule has 114 valence electrons. The van der Waals surface area contributed by atoms with Crippen LogP contribution in [0.4, 0.5) is 0 Å². The van der Waals surface area contributed by atoms with Crippen molar-refractivity contribution in [3.05, 3.63) is 17.0 Å². The molecule has 0 amide bonds. The van der Waals surface area contributed by atoms with Gasteiger partial charge in [-0.05, 0) is 51.3 Å². The molecule has 1 aromatic heterocycles. The normalized spacial score (nSPS) is 22.9. The molecule has 2 atom stereocenters. The van der Waals surface area contributed by atoms with Crippen molar-refractivity contribution >= 4 is 21.4 Å². The third kappa shape index (κ3) is 3.42. The van der Waals surface area contributed by atoms with Crippen molar-refractivity contribution in [1.29, 1.82) is 0 Å². The first-order valence-electron chi connectivity index (χ1n) is 7.25. The maximum absolute atomic E-state index is 12.6. The topological polar surface area (TPSA) is 49.4 Å². The third-order valence-electron chi connectivity index (χ3n) is 3.96. The molecular formula is C14H24N2O2S2.